The van der Waals surface area contributed by atoms with Gasteiger partial charge in [-0.2, -0.15) is 0 Å². The van der Waals surface area contributed by atoms with Gasteiger partial charge in [-0.3, -0.25) is 10.0 Å². The van der Waals surface area contributed by atoms with E-state index < -0.39 is 0 Å². The van der Waals surface area contributed by atoms with Crippen LogP contribution in [0.2, 0.25) is 0 Å². The van der Waals surface area contributed by atoms with Crippen molar-refractivity contribution in [2.75, 3.05) is 14.1 Å². The van der Waals surface area contributed by atoms with Crippen LogP contribution in [0.25, 0.3) is 11.4 Å². The molecule has 1 saturated carbocycles. The van der Waals surface area contributed by atoms with E-state index in [0.29, 0.717) is 23.2 Å². The highest BCUT2D eigenvalue weighted by atomic mass is 15.8. The van der Waals surface area contributed by atoms with Gasteiger partial charge in [0.05, 0.1) is 11.4 Å². The number of hydrogen-bond acceptors (Lipinski definition) is 4. The SMILES string of the molecule is CC.CCC12CCC1(C)C1N(C)C=C3c4ccccc4C4=CN(C)C2N4N31. The van der Waals surface area contributed by atoms with Crippen LogP contribution >= 0.6 is 0 Å². The molecule has 4 nitrogen and oxygen atoms in total. The molecule has 1 aliphatic carbocycles. The minimum Gasteiger partial charge on any atom is -0.357 e. The molecule has 0 radical (unpaired) electrons. The van der Waals surface area contributed by atoms with Gasteiger partial charge in [-0.05, 0) is 19.3 Å². The first-order chi connectivity index (χ1) is 13.0. The Balaban J connectivity index is 0.000000777. The summed E-state index contributed by atoms with van der Waals surface area (Å²) < 4.78 is 0. The van der Waals surface area contributed by atoms with Crippen LogP contribution in [-0.4, -0.2) is 46.2 Å². The molecule has 27 heavy (non-hydrogen) atoms. The van der Waals surface area contributed by atoms with E-state index in [9.17, 15) is 0 Å². The van der Waals surface area contributed by atoms with Gasteiger partial charge in [0.1, 0.15) is 12.3 Å². The molecule has 4 heterocycles. The van der Waals surface area contributed by atoms with Gasteiger partial charge in [0.25, 0.3) is 0 Å². The lowest BCUT2D eigenvalue weighted by atomic mass is 9.45. The van der Waals surface area contributed by atoms with Crippen LogP contribution in [0.5, 0.6) is 0 Å². The molecule has 2 fully saturated rings. The van der Waals surface area contributed by atoms with E-state index in [1.165, 1.54) is 41.8 Å². The lowest BCUT2D eigenvalue weighted by Gasteiger charge is -2.72. The zero-order chi connectivity index (χ0) is 19.1. The fourth-order valence-corrected chi connectivity index (χ4v) is 6.79. The third-order valence-electron chi connectivity index (χ3n) is 8.01. The van der Waals surface area contributed by atoms with Crippen molar-refractivity contribution in [3.8, 4) is 0 Å². The molecule has 0 amide bonds. The number of fused-ring (bicyclic) bond motifs is 6. The smallest absolute Gasteiger partial charge is 0.127 e. The summed E-state index contributed by atoms with van der Waals surface area (Å²) in [6.07, 6.45) is 9.53. The van der Waals surface area contributed by atoms with E-state index >= 15 is 0 Å². The number of hydrogen-bond donors (Lipinski definition) is 0. The predicted molar refractivity (Wildman–Crippen MR) is 111 cm³/mol. The second-order valence-electron chi connectivity index (χ2n) is 8.77. The summed E-state index contributed by atoms with van der Waals surface area (Å²) in [7, 11) is 4.55. The van der Waals surface area contributed by atoms with Crippen molar-refractivity contribution in [1.29, 1.82) is 0 Å². The highest BCUT2D eigenvalue weighted by Gasteiger charge is 2.73. The molecule has 0 bridgehead atoms. The van der Waals surface area contributed by atoms with Gasteiger partial charge in [0.15, 0.2) is 0 Å². The molecule has 1 saturated heterocycles. The molecule has 5 aliphatic rings. The maximum absolute atomic E-state index is 2.63. The minimum absolute atomic E-state index is 0.319. The molecule has 1 aromatic rings. The zero-order valence-electron chi connectivity index (χ0n) is 17.5. The van der Waals surface area contributed by atoms with Gasteiger partial charge in [-0.15, -0.1) is 0 Å². The van der Waals surface area contributed by atoms with Crippen molar-refractivity contribution < 1.29 is 0 Å². The number of benzene rings is 1. The monoisotopic (exact) mass is 364 g/mol. The molecule has 0 spiro atoms. The van der Waals surface area contributed by atoms with Crippen LogP contribution in [-0.2, 0) is 0 Å². The van der Waals surface area contributed by atoms with E-state index in [2.05, 4.69) is 84.4 Å². The highest BCUT2D eigenvalue weighted by molar-refractivity contribution is 5.84. The predicted octanol–water partition coefficient (Wildman–Crippen LogP) is 4.60. The first kappa shape index (κ1) is 17.0. The Morgan fingerprint density at radius 3 is 1.89 bits per heavy atom. The van der Waals surface area contributed by atoms with E-state index in [1.807, 2.05) is 13.8 Å². The van der Waals surface area contributed by atoms with Gasteiger partial charge in [0, 0.05) is 48.5 Å². The Kier molecular flexibility index (Phi) is 3.31. The Morgan fingerprint density at radius 1 is 0.889 bits per heavy atom. The van der Waals surface area contributed by atoms with Gasteiger partial charge in [0.2, 0.25) is 0 Å². The van der Waals surface area contributed by atoms with Crippen molar-refractivity contribution in [3.63, 3.8) is 0 Å². The molecule has 4 unspecified atom stereocenters. The Hall–Kier alpha value is -2.10. The van der Waals surface area contributed by atoms with E-state index in [-0.39, 0.29) is 0 Å². The highest BCUT2D eigenvalue weighted by Crippen LogP contribution is 2.71. The van der Waals surface area contributed by atoms with Gasteiger partial charge < -0.3 is 9.80 Å². The molecule has 4 atom stereocenters. The molecule has 4 aliphatic heterocycles. The third-order valence-corrected chi connectivity index (χ3v) is 8.01. The lowest BCUT2D eigenvalue weighted by Crippen LogP contribution is -2.78. The second kappa shape index (κ2) is 5.24. The molecule has 0 N–H and O–H groups in total. The molecular formula is C23H32N4. The lowest BCUT2D eigenvalue weighted by molar-refractivity contribution is -0.284. The summed E-state index contributed by atoms with van der Waals surface area (Å²) in [4.78, 5) is 4.97. The van der Waals surface area contributed by atoms with Crippen LogP contribution in [0.1, 0.15) is 58.1 Å². The third kappa shape index (κ3) is 1.63. The molecule has 4 heteroatoms. The fourth-order valence-electron chi connectivity index (χ4n) is 6.79. The topological polar surface area (TPSA) is 13.0 Å². The average molecular weight is 365 g/mol. The standard InChI is InChI=1S/C21H26N4.C2H6/c1-5-21-11-10-20(21,2)18-22(3)12-16-14-8-6-7-9-15(14)17-13-23(4)19(21)25(17)24(16)18;1-2/h6-9,12-13,18-19H,5,10-11H2,1-4H3;1-2H3. The van der Waals surface area contributed by atoms with Crippen molar-refractivity contribution in [3.05, 3.63) is 47.8 Å². The second-order valence-corrected chi connectivity index (χ2v) is 8.77. The van der Waals surface area contributed by atoms with Crippen LogP contribution in [0.4, 0.5) is 0 Å². The van der Waals surface area contributed by atoms with Gasteiger partial charge in [-0.25, -0.2) is 0 Å². The fraction of sp³-hybridized carbons (Fsp3) is 0.565. The number of hydrazine groups is 1. The van der Waals surface area contributed by atoms with Crippen molar-refractivity contribution in [2.24, 2.45) is 10.8 Å². The number of nitrogens with zero attached hydrogens (tertiary/aromatic N) is 4. The molecule has 144 valence electrons. The van der Waals surface area contributed by atoms with Crippen LogP contribution < -0.4 is 0 Å². The number of rotatable bonds is 1. The molecule has 0 aromatic heterocycles. The normalized spacial score (nSPS) is 36.8. The van der Waals surface area contributed by atoms with Crippen LogP contribution in [0.3, 0.4) is 0 Å². The zero-order valence-corrected chi connectivity index (χ0v) is 17.5. The molecular weight excluding hydrogens is 332 g/mol. The Labute approximate surface area is 163 Å². The largest absolute Gasteiger partial charge is 0.357 e. The average Bonchev–Trinajstić information content (AvgIpc) is 3.20. The summed E-state index contributed by atoms with van der Waals surface area (Å²) in [6.45, 7) is 8.95. The van der Waals surface area contributed by atoms with Crippen LogP contribution in [0.15, 0.2) is 36.7 Å². The maximum atomic E-state index is 2.63. The van der Waals surface area contributed by atoms with Crippen molar-refractivity contribution in [2.45, 2.75) is 59.3 Å². The summed E-state index contributed by atoms with van der Waals surface area (Å²) >= 11 is 0. The quantitative estimate of drug-likeness (QED) is 0.722. The Bertz CT molecular complexity index is 854. The van der Waals surface area contributed by atoms with E-state index in [4.69, 9.17) is 0 Å². The summed E-state index contributed by atoms with van der Waals surface area (Å²) in [5.74, 6) is 0. The maximum Gasteiger partial charge on any atom is 0.127 e. The van der Waals surface area contributed by atoms with E-state index in [1.54, 1.807) is 0 Å². The Morgan fingerprint density at radius 2 is 1.41 bits per heavy atom. The summed E-state index contributed by atoms with van der Waals surface area (Å²) in [5, 5.41) is 5.25. The van der Waals surface area contributed by atoms with E-state index in [0.717, 1.165) is 0 Å². The summed E-state index contributed by atoms with van der Waals surface area (Å²) in [6, 6.07) is 8.92. The van der Waals surface area contributed by atoms with Gasteiger partial charge in [-0.1, -0.05) is 52.0 Å². The van der Waals surface area contributed by atoms with Crippen LogP contribution in [0, 0.1) is 10.8 Å². The van der Waals surface area contributed by atoms with Crippen molar-refractivity contribution in [1.82, 2.24) is 19.8 Å². The molecule has 6 rings (SSSR count). The summed E-state index contributed by atoms with van der Waals surface area (Å²) in [5.41, 5.74) is 6.17. The minimum atomic E-state index is 0.319. The first-order valence-electron chi connectivity index (χ1n) is 10.6. The molecule has 1 aromatic carbocycles. The van der Waals surface area contributed by atoms with Gasteiger partial charge >= 0.3 is 0 Å². The first-order valence-corrected chi connectivity index (χ1v) is 10.6. The van der Waals surface area contributed by atoms with Crippen molar-refractivity contribution >= 4 is 11.4 Å².